The van der Waals surface area contributed by atoms with E-state index in [1.54, 1.807) is 11.8 Å². The Morgan fingerprint density at radius 2 is 1.97 bits per heavy atom. The fourth-order valence-corrected chi connectivity index (χ4v) is 5.06. The van der Waals surface area contributed by atoms with Crippen molar-refractivity contribution < 1.29 is 28.5 Å². The van der Waals surface area contributed by atoms with E-state index >= 15 is 0 Å². The number of piperidine rings is 1. The molecule has 0 unspecified atom stereocenters. The average molecular weight is 522 g/mol. The number of nitrogens with zero attached hydrogens (tertiary/aromatic N) is 3. The number of benzene rings is 1. The number of ether oxygens (including phenoxy) is 4. The summed E-state index contributed by atoms with van der Waals surface area (Å²) < 4.78 is 22.7. The van der Waals surface area contributed by atoms with Crippen molar-refractivity contribution in [2.75, 3.05) is 33.1 Å². The van der Waals surface area contributed by atoms with Crippen LogP contribution in [0.4, 0.5) is 4.79 Å². The van der Waals surface area contributed by atoms with Crippen molar-refractivity contribution in [1.29, 1.82) is 0 Å². The maximum Gasteiger partial charge on any atom is 0.409 e. The number of carbonyl (C=O) groups excluding carboxylic acids is 2. The Hall–Kier alpha value is -4.02. The van der Waals surface area contributed by atoms with E-state index in [1.165, 1.54) is 19.2 Å². The van der Waals surface area contributed by atoms with Crippen LogP contribution in [-0.2, 0) is 4.74 Å². The van der Waals surface area contributed by atoms with Gasteiger partial charge in [-0.3, -0.25) is 4.79 Å². The quantitative estimate of drug-likeness (QED) is 0.481. The van der Waals surface area contributed by atoms with Gasteiger partial charge in [-0.05, 0) is 57.6 Å². The van der Waals surface area contributed by atoms with Gasteiger partial charge in [0.1, 0.15) is 23.3 Å². The number of carbonyl (C=O) groups is 2. The number of H-pyrrole nitrogens is 1. The third-order valence-corrected chi connectivity index (χ3v) is 7.26. The van der Waals surface area contributed by atoms with Crippen molar-refractivity contribution in [3.05, 3.63) is 29.7 Å². The molecule has 2 fully saturated rings. The molecule has 2 amide bonds. The summed E-state index contributed by atoms with van der Waals surface area (Å²) in [7, 11) is 0. The molecule has 1 aromatic carbocycles. The molecule has 2 aliphatic heterocycles. The van der Waals surface area contributed by atoms with Crippen LogP contribution in [0.5, 0.6) is 17.2 Å². The molecular formula is C27H31N5O6. The number of hydrogen-bond acceptors (Lipinski definition) is 8. The van der Waals surface area contributed by atoms with Gasteiger partial charge in [-0.1, -0.05) is 0 Å². The van der Waals surface area contributed by atoms with E-state index in [0.717, 1.165) is 0 Å². The first kappa shape index (κ1) is 24.3. The summed E-state index contributed by atoms with van der Waals surface area (Å²) >= 11 is 0. The van der Waals surface area contributed by atoms with Gasteiger partial charge in [-0.2, -0.15) is 0 Å². The Labute approximate surface area is 219 Å². The van der Waals surface area contributed by atoms with Gasteiger partial charge in [0.25, 0.3) is 5.91 Å². The van der Waals surface area contributed by atoms with E-state index in [2.05, 4.69) is 20.3 Å². The second-order valence-corrected chi connectivity index (χ2v) is 9.93. The Balaban J connectivity index is 1.28. The average Bonchev–Trinajstić information content (AvgIpc) is 3.50. The van der Waals surface area contributed by atoms with E-state index in [1.807, 2.05) is 19.1 Å². The van der Waals surface area contributed by atoms with Crippen molar-refractivity contribution in [2.45, 2.75) is 45.6 Å². The van der Waals surface area contributed by atoms with E-state index in [0.29, 0.717) is 95.9 Å². The Morgan fingerprint density at radius 1 is 1.16 bits per heavy atom. The van der Waals surface area contributed by atoms with Gasteiger partial charge in [-0.15, -0.1) is 0 Å². The summed E-state index contributed by atoms with van der Waals surface area (Å²) in [6.45, 7) is 5.81. The molecule has 11 heteroatoms. The highest BCUT2D eigenvalue weighted by atomic mass is 16.7. The number of hydrogen-bond donors (Lipinski definition) is 2. The number of rotatable bonds is 7. The number of amides is 2. The van der Waals surface area contributed by atoms with Gasteiger partial charge in [-0.25, -0.2) is 14.8 Å². The summed E-state index contributed by atoms with van der Waals surface area (Å²) in [5.41, 5.74) is 3.60. The minimum absolute atomic E-state index is 0.0517. The van der Waals surface area contributed by atoms with Gasteiger partial charge >= 0.3 is 6.09 Å². The topological polar surface area (TPSA) is 128 Å². The highest BCUT2D eigenvalue weighted by Gasteiger charge is 2.31. The fourth-order valence-electron chi connectivity index (χ4n) is 5.06. The van der Waals surface area contributed by atoms with Crippen LogP contribution in [0, 0.1) is 12.8 Å². The molecule has 3 aliphatic rings. The molecular weight excluding hydrogens is 490 g/mol. The number of aryl methyl sites for hydroxylation is 1. The van der Waals surface area contributed by atoms with Gasteiger partial charge in [0.2, 0.25) is 6.79 Å². The van der Waals surface area contributed by atoms with Crippen LogP contribution < -0.4 is 19.5 Å². The second-order valence-electron chi connectivity index (χ2n) is 9.93. The zero-order valence-corrected chi connectivity index (χ0v) is 21.5. The van der Waals surface area contributed by atoms with E-state index in [9.17, 15) is 9.59 Å². The number of aromatic nitrogens is 3. The van der Waals surface area contributed by atoms with Crippen LogP contribution in [0.2, 0.25) is 0 Å². The molecule has 1 saturated carbocycles. The van der Waals surface area contributed by atoms with Gasteiger partial charge in [0.05, 0.1) is 29.9 Å². The first-order chi connectivity index (χ1) is 18.5. The molecule has 2 N–H and O–H groups in total. The molecule has 38 heavy (non-hydrogen) atoms. The number of fused-ring (bicyclic) bond motifs is 2. The van der Waals surface area contributed by atoms with E-state index < -0.39 is 0 Å². The summed E-state index contributed by atoms with van der Waals surface area (Å²) in [6, 6.07) is 3.67. The molecule has 4 heterocycles. The zero-order valence-electron chi connectivity index (χ0n) is 21.5. The summed E-state index contributed by atoms with van der Waals surface area (Å²) in [5.74, 6) is 2.22. The highest BCUT2D eigenvalue weighted by molar-refractivity contribution is 6.09. The maximum atomic E-state index is 13.4. The standard InChI is InChI=1S/C27H31N5O6/c1-3-35-27(34)32-10-8-17(9-11-32)31-26(33)20-15(2)30-24-22(20)28-13-29-23(24)21-18(36-12-16-4-5-16)6-7-19-25(21)38-14-37-19/h6-7,13,16-17,30H,3-5,8-12,14H2,1-2H3,(H,31,33). The molecule has 1 aliphatic carbocycles. The molecule has 3 aromatic rings. The molecule has 6 rings (SSSR count). The lowest BCUT2D eigenvalue weighted by atomic mass is 10.0. The van der Waals surface area contributed by atoms with Crippen molar-refractivity contribution in [3.63, 3.8) is 0 Å². The third kappa shape index (κ3) is 4.57. The summed E-state index contributed by atoms with van der Waals surface area (Å²) in [4.78, 5) is 39.5. The Morgan fingerprint density at radius 3 is 2.74 bits per heavy atom. The number of aromatic amines is 1. The summed E-state index contributed by atoms with van der Waals surface area (Å²) in [5, 5.41) is 3.13. The minimum atomic E-state index is -0.309. The predicted molar refractivity (Wildman–Crippen MR) is 137 cm³/mol. The Kier molecular flexibility index (Phi) is 6.42. The second kappa shape index (κ2) is 10.0. The normalized spacial score (nSPS) is 17.1. The molecule has 0 atom stereocenters. The van der Waals surface area contributed by atoms with Crippen molar-refractivity contribution in [2.24, 2.45) is 5.92 Å². The van der Waals surface area contributed by atoms with Gasteiger partial charge in [0.15, 0.2) is 11.5 Å². The van der Waals surface area contributed by atoms with E-state index in [4.69, 9.17) is 18.9 Å². The zero-order chi connectivity index (χ0) is 26.2. The molecule has 200 valence electrons. The van der Waals surface area contributed by atoms with Crippen LogP contribution in [0.25, 0.3) is 22.3 Å². The Bertz CT molecular complexity index is 1380. The van der Waals surface area contributed by atoms with Crippen LogP contribution in [0.1, 0.15) is 48.7 Å². The van der Waals surface area contributed by atoms with Gasteiger partial charge < -0.3 is 34.1 Å². The maximum absolute atomic E-state index is 13.4. The third-order valence-electron chi connectivity index (χ3n) is 7.26. The molecule has 0 spiro atoms. The van der Waals surface area contributed by atoms with Crippen LogP contribution in [0.15, 0.2) is 18.5 Å². The van der Waals surface area contributed by atoms with Crippen molar-refractivity contribution in [3.8, 4) is 28.5 Å². The molecule has 0 bridgehead atoms. The first-order valence-electron chi connectivity index (χ1n) is 13.1. The van der Waals surface area contributed by atoms with Crippen molar-refractivity contribution in [1.82, 2.24) is 25.2 Å². The van der Waals surface area contributed by atoms with Crippen LogP contribution in [-0.4, -0.2) is 71.0 Å². The summed E-state index contributed by atoms with van der Waals surface area (Å²) in [6.07, 6.45) is 4.81. The van der Waals surface area contributed by atoms with Crippen molar-refractivity contribution >= 4 is 23.0 Å². The van der Waals surface area contributed by atoms with Crippen LogP contribution >= 0.6 is 0 Å². The lowest BCUT2D eigenvalue weighted by Gasteiger charge is -2.31. The molecule has 1 saturated heterocycles. The molecule has 2 aromatic heterocycles. The first-order valence-corrected chi connectivity index (χ1v) is 13.1. The predicted octanol–water partition coefficient (Wildman–Crippen LogP) is 3.80. The van der Waals surface area contributed by atoms with Crippen LogP contribution in [0.3, 0.4) is 0 Å². The van der Waals surface area contributed by atoms with Gasteiger partial charge in [0, 0.05) is 24.8 Å². The van der Waals surface area contributed by atoms with E-state index in [-0.39, 0.29) is 24.8 Å². The lowest BCUT2D eigenvalue weighted by Crippen LogP contribution is -2.46. The fraction of sp³-hybridized carbons (Fsp3) is 0.481. The lowest BCUT2D eigenvalue weighted by molar-refractivity contribution is 0.0860. The largest absolute Gasteiger partial charge is 0.492 e. The minimum Gasteiger partial charge on any atom is -0.492 e. The molecule has 11 nitrogen and oxygen atoms in total. The highest BCUT2D eigenvalue weighted by Crippen LogP contribution is 2.48. The smallest absolute Gasteiger partial charge is 0.409 e. The monoisotopic (exact) mass is 521 g/mol. The SMILES string of the molecule is CCOC(=O)N1CCC(NC(=O)c2c(C)[nH]c3c(-c4c(OCC5CC5)ccc5c4OCO5)ncnc23)CC1. The molecule has 0 radical (unpaired) electrons. The number of nitrogens with one attached hydrogen (secondary N) is 2. The number of likely N-dealkylation sites (tertiary alicyclic amines) is 1.